The number of methoxy groups -OCH3 is 1. The standard InChI is InChI=1S/C15H19F3N2O6S/c1-10(14(22)19-9-15(16,17)18)26-13(21)7-8-20-27(23,24)12-5-3-11(25-2)4-6-12/h3-6,10,20H,7-9H2,1-2H3,(H,19,22)/t10-/m1/s1. The lowest BCUT2D eigenvalue weighted by Gasteiger charge is -2.14. The Bertz CT molecular complexity index is 750. The summed E-state index contributed by atoms with van der Waals surface area (Å²) in [5, 5.41) is 1.58. The Hall–Kier alpha value is -2.34. The molecule has 2 N–H and O–H groups in total. The first kappa shape index (κ1) is 22.7. The van der Waals surface area contributed by atoms with Crippen LogP contribution in [0.25, 0.3) is 0 Å². The summed E-state index contributed by atoms with van der Waals surface area (Å²) in [4.78, 5) is 22.9. The molecule has 0 bridgehead atoms. The van der Waals surface area contributed by atoms with Crippen molar-refractivity contribution >= 4 is 21.9 Å². The Morgan fingerprint density at radius 1 is 1.19 bits per heavy atom. The molecule has 12 heteroatoms. The molecule has 1 atom stereocenters. The summed E-state index contributed by atoms with van der Waals surface area (Å²) < 4.78 is 71.9. The van der Waals surface area contributed by atoms with E-state index in [0.717, 1.165) is 6.92 Å². The Morgan fingerprint density at radius 2 is 1.78 bits per heavy atom. The molecule has 152 valence electrons. The number of ether oxygens (including phenoxy) is 2. The number of nitrogens with one attached hydrogen (secondary N) is 2. The van der Waals surface area contributed by atoms with Gasteiger partial charge in [0.1, 0.15) is 12.3 Å². The molecule has 1 amide bonds. The second-order valence-corrected chi connectivity index (χ2v) is 7.06. The molecule has 1 aromatic carbocycles. The summed E-state index contributed by atoms with van der Waals surface area (Å²) in [5.74, 6) is -1.59. The Labute approximate surface area is 154 Å². The minimum absolute atomic E-state index is 0.0448. The lowest BCUT2D eigenvalue weighted by molar-refractivity contribution is -0.157. The molecule has 1 rings (SSSR count). The van der Waals surface area contributed by atoms with Gasteiger partial charge >= 0.3 is 12.1 Å². The Balaban J connectivity index is 2.44. The van der Waals surface area contributed by atoms with Crippen LogP contribution in [0.1, 0.15) is 13.3 Å². The normalized spacial score (nSPS) is 12.9. The van der Waals surface area contributed by atoms with Crippen molar-refractivity contribution in [2.75, 3.05) is 20.2 Å². The molecule has 27 heavy (non-hydrogen) atoms. The molecule has 8 nitrogen and oxygen atoms in total. The second-order valence-electron chi connectivity index (χ2n) is 5.29. The van der Waals surface area contributed by atoms with Gasteiger partial charge in [0.05, 0.1) is 18.4 Å². The van der Waals surface area contributed by atoms with Crippen LogP contribution in [0.4, 0.5) is 13.2 Å². The molecule has 0 unspecified atom stereocenters. The molecule has 0 heterocycles. The summed E-state index contributed by atoms with van der Waals surface area (Å²) in [6.07, 6.45) is -6.44. The monoisotopic (exact) mass is 412 g/mol. The van der Waals surface area contributed by atoms with Crippen LogP contribution in [0.5, 0.6) is 5.75 Å². The quantitative estimate of drug-likeness (QED) is 0.585. The highest BCUT2D eigenvalue weighted by Gasteiger charge is 2.29. The number of amides is 1. The van der Waals surface area contributed by atoms with Crippen molar-refractivity contribution in [2.45, 2.75) is 30.5 Å². The number of carbonyl (C=O) groups is 2. The first-order valence-electron chi connectivity index (χ1n) is 7.62. The molecule has 0 radical (unpaired) electrons. The van der Waals surface area contributed by atoms with Gasteiger partial charge in [0.25, 0.3) is 5.91 Å². The van der Waals surface area contributed by atoms with Gasteiger partial charge < -0.3 is 14.8 Å². The molecule has 0 fully saturated rings. The number of sulfonamides is 1. The fourth-order valence-electron chi connectivity index (χ4n) is 1.77. The number of rotatable bonds is 9. The van der Waals surface area contributed by atoms with Crippen molar-refractivity contribution in [3.8, 4) is 5.75 Å². The molecule has 0 saturated heterocycles. The van der Waals surface area contributed by atoms with Crippen LogP contribution < -0.4 is 14.8 Å². The zero-order chi connectivity index (χ0) is 20.7. The number of esters is 1. The number of carbonyl (C=O) groups excluding carboxylic acids is 2. The predicted molar refractivity (Wildman–Crippen MR) is 87.4 cm³/mol. The maximum absolute atomic E-state index is 12.0. The number of hydrogen-bond donors (Lipinski definition) is 2. The van der Waals surface area contributed by atoms with E-state index in [0.29, 0.717) is 5.75 Å². The molecule has 1 aromatic rings. The van der Waals surface area contributed by atoms with Gasteiger partial charge in [-0.05, 0) is 31.2 Å². The van der Waals surface area contributed by atoms with Gasteiger partial charge in [-0.15, -0.1) is 0 Å². The van der Waals surface area contributed by atoms with Gasteiger partial charge in [-0.25, -0.2) is 13.1 Å². The molecular formula is C15H19F3N2O6S. The highest BCUT2D eigenvalue weighted by molar-refractivity contribution is 7.89. The van der Waals surface area contributed by atoms with E-state index in [1.54, 1.807) is 5.32 Å². The first-order valence-corrected chi connectivity index (χ1v) is 9.10. The van der Waals surface area contributed by atoms with E-state index >= 15 is 0 Å². The summed E-state index contributed by atoms with van der Waals surface area (Å²) in [6, 6.07) is 5.52. The molecule has 0 aliphatic heterocycles. The molecular weight excluding hydrogens is 393 g/mol. The van der Waals surface area contributed by atoms with Crippen molar-refractivity contribution < 1.29 is 40.7 Å². The zero-order valence-corrected chi connectivity index (χ0v) is 15.3. The van der Waals surface area contributed by atoms with Crippen molar-refractivity contribution in [2.24, 2.45) is 0 Å². The largest absolute Gasteiger partial charge is 0.497 e. The van der Waals surface area contributed by atoms with Crippen molar-refractivity contribution in [3.63, 3.8) is 0 Å². The van der Waals surface area contributed by atoms with Crippen LogP contribution in [0.2, 0.25) is 0 Å². The van der Waals surface area contributed by atoms with Gasteiger partial charge in [0, 0.05) is 6.54 Å². The number of benzene rings is 1. The lowest BCUT2D eigenvalue weighted by atomic mass is 10.3. The highest BCUT2D eigenvalue weighted by Crippen LogP contribution is 2.15. The van der Waals surface area contributed by atoms with Crippen LogP contribution in [0.15, 0.2) is 29.2 Å². The smallest absolute Gasteiger partial charge is 0.405 e. The summed E-state index contributed by atoms with van der Waals surface area (Å²) in [5.41, 5.74) is 0. The predicted octanol–water partition coefficient (Wildman–Crippen LogP) is 0.974. The number of alkyl halides is 3. The van der Waals surface area contributed by atoms with E-state index in [4.69, 9.17) is 4.74 Å². The Morgan fingerprint density at radius 3 is 2.30 bits per heavy atom. The fourth-order valence-corrected chi connectivity index (χ4v) is 2.80. The van der Waals surface area contributed by atoms with Crippen molar-refractivity contribution in [1.82, 2.24) is 10.0 Å². The lowest BCUT2D eigenvalue weighted by Crippen LogP contribution is -2.41. The maximum atomic E-state index is 12.0. The van der Waals surface area contributed by atoms with Gasteiger partial charge in [-0.1, -0.05) is 0 Å². The van der Waals surface area contributed by atoms with Gasteiger partial charge in [-0.3, -0.25) is 9.59 Å². The van der Waals surface area contributed by atoms with Crippen molar-refractivity contribution in [1.29, 1.82) is 0 Å². The van der Waals surface area contributed by atoms with Gasteiger partial charge in [0.2, 0.25) is 10.0 Å². The summed E-state index contributed by atoms with van der Waals surface area (Å²) in [6.45, 7) is -0.759. The SMILES string of the molecule is COc1ccc(S(=O)(=O)NCCC(=O)O[C@H](C)C(=O)NCC(F)(F)F)cc1. The molecule has 0 saturated carbocycles. The van der Waals surface area contributed by atoms with Crippen LogP contribution in [0, 0.1) is 0 Å². The fraction of sp³-hybridized carbons (Fsp3) is 0.467. The summed E-state index contributed by atoms with van der Waals surface area (Å²) in [7, 11) is -2.44. The van der Waals surface area contributed by atoms with E-state index in [1.807, 2.05) is 0 Å². The van der Waals surface area contributed by atoms with Crippen molar-refractivity contribution in [3.05, 3.63) is 24.3 Å². The number of halogens is 3. The van der Waals surface area contributed by atoms with Gasteiger partial charge in [0.15, 0.2) is 6.10 Å². The van der Waals surface area contributed by atoms with E-state index in [-0.39, 0.29) is 11.4 Å². The minimum Gasteiger partial charge on any atom is -0.497 e. The third-order valence-corrected chi connectivity index (χ3v) is 4.61. The molecule has 0 aliphatic carbocycles. The van der Waals surface area contributed by atoms with Crippen LogP contribution in [-0.4, -0.2) is 52.8 Å². The third-order valence-electron chi connectivity index (χ3n) is 3.13. The minimum atomic E-state index is -4.58. The van der Waals surface area contributed by atoms with Gasteiger partial charge in [-0.2, -0.15) is 13.2 Å². The zero-order valence-electron chi connectivity index (χ0n) is 14.5. The number of hydrogen-bond acceptors (Lipinski definition) is 6. The van der Waals surface area contributed by atoms with Crippen LogP contribution in [-0.2, 0) is 24.3 Å². The Kier molecular flexibility index (Phi) is 8.03. The van der Waals surface area contributed by atoms with Crippen LogP contribution in [0.3, 0.4) is 0 Å². The average molecular weight is 412 g/mol. The topological polar surface area (TPSA) is 111 Å². The van der Waals surface area contributed by atoms with E-state index in [1.165, 1.54) is 31.4 Å². The third kappa shape index (κ3) is 8.26. The molecule has 0 spiro atoms. The highest BCUT2D eigenvalue weighted by atomic mass is 32.2. The van der Waals surface area contributed by atoms with Crippen LogP contribution >= 0.6 is 0 Å². The second kappa shape index (κ2) is 9.55. The van der Waals surface area contributed by atoms with E-state index in [9.17, 15) is 31.2 Å². The average Bonchev–Trinajstić information content (AvgIpc) is 2.58. The first-order chi connectivity index (χ1) is 12.4. The molecule has 0 aliphatic rings. The molecule has 0 aromatic heterocycles. The maximum Gasteiger partial charge on any atom is 0.405 e. The van der Waals surface area contributed by atoms with E-state index in [2.05, 4.69) is 9.46 Å². The van der Waals surface area contributed by atoms with E-state index < -0.39 is 47.1 Å². The summed E-state index contributed by atoms with van der Waals surface area (Å²) >= 11 is 0.